The maximum Gasteiger partial charge on any atom is 0.417 e. The van der Waals surface area contributed by atoms with Crippen molar-refractivity contribution in [1.82, 2.24) is 14.7 Å². The van der Waals surface area contributed by atoms with Gasteiger partial charge in [0.15, 0.2) is 0 Å². The van der Waals surface area contributed by atoms with E-state index in [0.29, 0.717) is 13.0 Å². The van der Waals surface area contributed by atoms with Gasteiger partial charge >= 0.3 is 6.18 Å². The van der Waals surface area contributed by atoms with E-state index in [1.54, 1.807) is 11.7 Å². The monoisotopic (exact) mass is 323 g/mol. The molecule has 1 aliphatic heterocycles. The van der Waals surface area contributed by atoms with Crippen LogP contribution in [-0.4, -0.2) is 27.1 Å². The highest BCUT2D eigenvalue weighted by Gasteiger charge is 2.36. The van der Waals surface area contributed by atoms with E-state index in [2.05, 4.69) is 5.10 Å². The van der Waals surface area contributed by atoms with Crippen LogP contribution in [0.1, 0.15) is 32.9 Å². The summed E-state index contributed by atoms with van der Waals surface area (Å²) in [4.78, 5) is 14.0. The first-order valence-corrected chi connectivity index (χ1v) is 7.26. The first-order valence-electron chi connectivity index (χ1n) is 7.26. The van der Waals surface area contributed by atoms with E-state index in [9.17, 15) is 18.0 Å². The van der Waals surface area contributed by atoms with Crippen molar-refractivity contribution in [3.63, 3.8) is 0 Å². The first-order chi connectivity index (χ1) is 10.8. The highest BCUT2D eigenvalue weighted by Crippen LogP contribution is 2.33. The number of aromatic nitrogens is 2. The zero-order valence-electron chi connectivity index (χ0n) is 12.8. The maximum absolute atomic E-state index is 13.1. The fraction of sp³-hybridized carbons (Fsp3) is 0.375. The summed E-state index contributed by atoms with van der Waals surface area (Å²) in [5.74, 6) is -0.595. The molecule has 0 saturated heterocycles. The van der Waals surface area contributed by atoms with E-state index in [1.165, 1.54) is 23.1 Å². The third-order valence-corrected chi connectivity index (χ3v) is 4.20. The highest BCUT2D eigenvalue weighted by atomic mass is 19.4. The number of carbonyl (C=O) groups is 1. The second kappa shape index (κ2) is 5.40. The molecule has 1 amide bonds. The number of halogens is 3. The van der Waals surface area contributed by atoms with Crippen LogP contribution in [0.5, 0.6) is 0 Å². The predicted octanol–water partition coefficient (Wildman–Crippen LogP) is 2.95. The SMILES string of the molecule is Cc1nn(C)c2c1CCN(C(=O)c1ccccc1C(F)(F)F)C2. The van der Waals surface area contributed by atoms with Gasteiger partial charge in [0.2, 0.25) is 0 Å². The van der Waals surface area contributed by atoms with E-state index in [1.807, 2.05) is 6.92 Å². The van der Waals surface area contributed by atoms with Gasteiger partial charge in [-0.3, -0.25) is 9.48 Å². The Morgan fingerprint density at radius 1 is 1.26 bits per heavy atom. The number of aryl methyl sites for hydroxylation is 2. The molecule has 0 unspecified atom stereocenters. The Morgan fingerprint density at radius 3 is 2.65 bits per heavy atom. The van der Waals surface area contributed by atoms with Crippen LogP contribution in [0.3, 0.4) is 0 Å². The number of nitrogens with zero attached hydrogens (tertiary/aromatic N) is 3. The van der Waals surface area contributed by atoms with Gasteiger partial charge in [0.1, 0.15) is 0 Å². The van der Waals surface area contributed by atoms with Gasteiger partial charge in [0.05, 0.1) is 29.1 Å². The topological polar surface area (TPSA) is 38.1 Å². The first kappa shape index (κ1) is 15.6. The van der Waals surface area contributed by atoms with Crippen LogP contribution in [0.25, 0.3) is 0 Å². The Kier molecular flexibility index (Phi) is 3.66. The lowest BCUT2D eigenvalue weighted by Crippen LogP contribution is -2.37. The van der Waals surface area contributed by atoms with Gasteiger partial charge in [-0.05, 0) is 31.0 Å². The standard InChI is InChI=1S/C16H16F3N3O/c1-10-11-7-8-22(9-14(11)21(2)20-10)15(23)12-5-3-4-6-13(12)16(17,18)19/h3-6H,7-9H2,1-2H3. The minimum absolute atomic E-state index is 0.275. The molecule has 0 bridgehead atoms. The summed E-state index contributed by atoms with van der Waals surface area (Å²) in [6.45, 7) is 2.57. The molecule has 0 spiro atoms. The van der Waals surface area contributed by atoms with Crippen LogP contribution >= 0.6 is 0 Å². The molecular weight excluding hydrogens is 307 g/mol. The highest BCUT2D eigenvalue weighted by molar-refractivity contribution is 5.96. The van der Waals surface area contributed by atoms with Gasteiger partial charge in [0, 0.05) is 13.6 Å². The second-order valence-electron chi connectivity index (χ2n) is 5.65. The number of carbonyl (C=O) groups excluding carboxylic acids is 1. The average molecular weight is 323 g/mol. The zero-order valence-corrected chi connectivity index (χ0v) is 12.8. The summed E-state index contributed by atoms with van der Waals surface area (Å²) in [6.07, 6.45) is -3.94. The number of hydrogen-bond donors (Lipinski definition) is 0. The van der Waals surface area contributed by atoms with Crippen LogP contribution in [0.4, 0.5) is 13.2 Å². The smallest absolute Gasteiger partial charge is 0.332 e. The summed E-state index contributed by atoms with van der Waals surface area (Å²) < 4.78 is 41.0. The summed E-state index contributed by atoms with van der Waals surface area (Å²) in [5.41, 5.74) is 1.68. The summed E-state index contributed by atoms with van der Waals surface area (Å²) >= 11 is 0. The molecular formula is C16H16F3N3O. The molecule has 0 fully saturated rings. The van der Waals surface area contributed by atoms with Crippen molar-refractivity contribution in [1.29, 1.82) is 0 Å². The molecule has 1 aliphatic rings. The van der Waals surface area contributed by atoms with Crippen molar-refractivity contribution in [2.45, 2.75) is 26.1 Å². The molecule has 122 valence electrons. The molecule has 0 N–H and O–H groups in total. The van der Waals surface area contributed by atoms with Gasteiger partial charge in [0.25, 0.3) is 5.91 Å². The fourth-order valence-corrected chi connectivity index (χ4v) is 3.04. The largest absolute Gasteiger partial charge is 0.417 e. The van der Waals surface area contributed by atoms with Gasteiger partial charge in [-0.1, -0.05) is 12.1 Å². The van der Waals surface area contributed by atoms with Gasteiger partial charge < -0.3 is 4.90 Å². The van der Waals surface area contributed by atoms with Crippen molar-refractivity contribution in [3.8, 4) is 0 Å². The van der Waals surface area contributed by atoms with Gasteiger partial charge in [-0.2, -0.15) is 18.3 Å². The number of fused-ring (bicyclic) bond motifs is 1. The van der Waals surface area contributed by atoms with Crippen molar-refractivity contribution >= 4 is 5.91 Å². The Balaban J connectivity index is 1.93. The van der Waals surface area contributed by atoms with Crippen LogP contribution in [0, 0.1) is 6.92 Å². The zero-order chi connectivity index (χ0) is 16.8. The lowest BCUT2D eigenvalue weighted by atomic mass is 10.0. The van der Waals surface area contributed by atoms with Gasteiger partial charge in [-0.25, -0.2) is 0 Å². The van der Waals surface area contributed by atoms with E-state index in [0.717, 1.165) is 23.0 Å². The third-order valence-electron chi connectivity index (χ3n) is 4.20. The van der Waals surface area contributed by atoms with Crippen LogP contribution in [0.2, 0.25) is 0 Å². The van der Waals surface area contributed by atoms with Gasteiger partial charge in [-0.15, -0.1) is 0 Å². The predicted molar refractivity (Wildman–Crippen MR) is 77.8 cm³/mol. The number of hydrogen-bond acceptors (Lipinski definition) is 2. The molecule has 23 heavy (non-hydrogen) atoms. The lowest BCUT2D eigenvalue weighted by Gasteiger charge is -2.28. The minimum Gasteiger partial charge on any atom is -0.332 e. The summed E-state index contributed by atoms with van der Waals surface area (Å²) in [6, 6.07) is 4.91. The van der Waals surface area contributed by atoms with Crippen LogP contribution in [0.15, 0.2) is 24.3 Å². The number of alkyl halides is 3. The molecule has 0 atom stereocenters. The van der Waals surface area contributed by atoms with E-state index < -0.39 is 17.6 Å². The van der Waals surface area contributed by atoms with Crippen molar-refractivity contribution < 1.29 is 18.0 Å². The van der Waals surface area contributed by atoms with Crippen LogP contribution < -0.4 is 0 Å². The average Bonchev–Trinajstić information content (AvgIpc) is 2.80. The van der Waals surface area contributed by atoms with Crippen molar-refractivity contribution in [3.05, 3.63) is 52.3 Å². The molecule has 0 aliphatic carbocycles. The minimum atomic E-state index is -4.55. The number of benzene rings is 1. The third kappa shape index (κ3) is 2.71. The summed E-state index contributed by atoms with van der Waals surface area (Å²) in [5, 5.41) is 4.31. The Bertz CT molecular complexity index is 764. The number of amides is 1. The normalized spacial score (nSPS) is 14.7. The van der Waals surface area contributed by atoms with E-state index in [4.69, 9.17) is 0 Å². The Hall–Kier alpha value is -2.31. The van der Waals surface area contributed by atoms with Crippen molar-refractivity contribution in [2.24, 2.45) is 7.05 Å². The lowest BCUT2D eigenvalue weighted by molar-refractivity contribution is -0.138. The van der Waals surface area contributed by atoms with Crippen molar-refractivity contribution in [2.75, 3.05) is 6.54 Å². The van der Waals surface area contributed by atoms with E-state index in [-0.39, 0.29) is 12.1 Å². The molecule has 7 heteroatoms. The quantitative estimate of drug-likeness (QED) is 0.809. The molecule has 1 aromatic carbocycles. The maximum atomic E-state index is 13.1. The number of rotatable bonds is 1. The Labute approximate surface area is 131 Å². The Morgan fingerprint density at radius 2 is 1.96 bits per heavy atom. The molecule has 1 aromatic heterocycles. The molecule has 2 heterocycles. The van der Waals surface area contributed by atoms with Crippen LogP contribution in [-0.2, 0) is 26.2 Å². The second-order valence-corrected chi connectivity index (χ2v) is 5.65. The molecule has 3 rings (SSSR count). The molecule has 4 nitrogen and oxygen atoms in total. The summed E-state index contributed by atoms with van der Waals surface area (Å²) in [7, 11) is 1.78. The molecule has 0 radical (unpaired) electrons. The van der Waals surface area contributed by atoms with E-state index >= 15 is 0 Å². The molecule has 2 aromatic rings. The fourth-order valence-electron chi connectivity index (χ4n) is 3.04. The molecule has 0 saturated carbocycles.